The highest BCUT2D eigenvalue weighted by molar-refractivity contribution is 6.30. The standard InChI is InChI=1S/C18H11ClFN3O/c19-12-5-3-4-11(8-12)14-10-21-23-17(24)9-16(22-18(14)23)13-6-1-2-7-15(13)20/h1-10,21H. The fraction of sp³-hybridized carbons (Fsp3) is 0. The summed E-state index contributed by atoms with van der Waals surface area (Å²) in [4.78, 5) is 16.8. The molecular weight excluding hydrogens is 329 g/mol. The van der Waals surface area contributed by atoms with Gasteiger partial charge in [0.05, 0.1) is 5.69 Å². The van der Waals surface area contributed by atoms with Gasteiger partial charge in [-0.25, -0.2) is 13.9 Å². The number of hydrogen-bond donors (Lipinski definition) is 1. The molecule has 0 fully saturated rings. The van der Waals surface area contributed by atoms with E-state index in [9.17, 15) is 9.18 Å². The Bertz CT molecular complexity index is 1120. The molecule has 0 saturated heterocycles. The molecular formula is C18H11ClFN3O. The minimum absolute atomic E-state index is 0.287. The molecule has 2 heterocycles. The van der Waals surface area contributed by atoms with Crippen LogP contribution in [0.4, 0.5) is 4.39 Å². The molecule has 0 spiro atoms. The van der Waals surface area contributed by atoms with E-state index in [1.54, 1.807) is 36.5 Å². The molecule has 0 radical (unpaired) electrons. The van der Waals surface area contributed by atoms with Crippen molar-refractivity contribution in [2.45, 2.75) is 0 Å². The second kappa shape index (κ2) is 5.62. The predicted octanol–water partition coefficient (Wildman–Crippen LogP) is 4.15. The van der Waals surface area contributed by atoms with Gasteiger partial charge in [0, 0.05) is 28.4 Å². The molecule has 1 N–H and O–H groups in total. The zero-order chi connectivity index (χ0) is 16.7. The number of aromatic nitrogens is 3. The van der Waals surface area contributed by atoms with Crippen LogP contribution in [-0.4, -0.2) is 14.6 Å². The van der Waals surface area contributed by atoms with Crippen molar-refractivity contribution >= 4 is 17.2 Å². The van der Waals surface area contributed by atoms with Crippen molar-refractivity contribution in [3.8, 4) is 22.4 Å². The van der Waals surface area contributed by atoms with Gasteiger partial charge in [0.15, 0.2) is 5.65 Å². The van der Waals surface area contributed by atoms with Gasteiger partial charge in [0.2, 0.25) is 0 Å². The minimum Gasteiger partial charge on any atom is -0.296 e. The topological polar surface area (TPSA) is 50.2 Å². The van der Waals surface area contributed by atoms with E-state index in [1.165, 1.54) is 16.6 Å². The van der Waals surface area contributed by atoms with Crippen molar-refractivity contribution in [3.63, 3.8) is 0 Å². The van der Waals surface area contributed by atoms with E-state index in [1.807, 2.05) is 12.1 Å². The van der Waals surface area contributed by atoms with Gasteiger partial charge in [-0.05, 0) is 29.8 Å². The molecule has 4 nitrogen and oxygen atoms in total. The van der Waals surface area contributed by atoms with Crippen LogP contribution in [0.3, 0.4) is 0 Å². The highest BCUT2D eigenvalue weighted by Crippen LogP contribution is 2.27. The Morgan fingerprint density at radius 3 is 2.67 bits per heavy atom. The van der Waals surface area contributed by atoms with Crippen molar-refractivity contribution < 1.29 is 4.39 Å². The van der Waals surface area contributed by atoms with Crippen molar-refractivity contribution in [2.24, 2.45) is 0 Å². The van der Waals surface area contributed by atoms with Crippen molar-refractivity contribution in [3.05, 3.63) is 82.0 Å². The Morgan fingerprint density at radius 1 is 1.04 bits per heavy atom. The highest BCUT2D eigenvalue weighted by Gasteiger charge is 2.13. The summed E-state index contributed by atoms with van der Waals surface area (Å²) in [5.41, 5.74) is 2.22. The molecule has 6 heteroatoms. The number of H-pyrrole nitrogens is 1. The summed E-state index contributed by atoms with van der Waals surface area (Å²) in [6, 6.07) is 14.8. The lowest BCUT2D eigenvalue weighted by molar-refractivity contribution is 0.630. The lowest BCUT2D eigenvalue weighted by Gasteiger charge is -2.04. The zero-order valence-electron chi connectivity index (χ0n) is 12.3. The number of nitrogens with one attached hydrogen (secondary N) is 1. The quantitative estimate of drug-likeness (QED) is 0.596. The Labute approximate surface area is 141 Å². The largest absolute Gasteiger partial charge is 0.296 e. The summed E-state index contributed by atoms with van der Waals surface area (Å²) in [6.45, 7) is 0. The van der Waals surface area contributed by atoms with Gasteiger partial charge >= 0.3 is 0 Å². The third-order valence-corrected chi connectivity index (χ3v) is 4.02. The number of benzene rings is 2. The second-order valence-corrected chi connectivity index (χ2v) is 5.75. The number of aromatic amines is 1. The number of halogens is 2. The number of nitrogens with zero attached hydrogens (tertiary/aromatic N) is 2. The second-order valence-electron chi connectivity index (χ2n) is 5.32. The van der Waals surface area contributed by atoms with E-state index >= 15 is 0 Å². The Balaban J connectivity index is 1.99. The van der Waals surface area contributed by atoms with Crippen LogP contribution in [-0.2, 0) is 0 Å². The Hall–Kier alpha value is -2.92. The molecule has 118 valence electrons. The predicted molar refractivity (Wildman–Crippen MR) is 91.7 cm³/mol. The summed E-state index contributed by atoms with van der Waals surface area (Å²) in [7, 11) is 0. The monoisotopic (exact) mass is 339 g/mol. The van der Waals surface area contributed by atoms with Gasteiger partial charge < -0.3 is 0 Å². The SMILES string of the molecule is O=c1cc(-c2ccccc2F)nc2c(-c3cccc(Cl)c3)c[nH]n12. The molecule has 0 aliphatic carbocycles. The van der Waals surface area contributed by atoms with Crippen molar-refractivity contribution in [1.29, 1.82) is 0 Å². The van der Waals surface area contributed by atoms with Gasteiger partial charge in [-0.15, -0.1) is 0 Å². The van der Waals surface area contributed by atoms with E-state index in [-0.39, 0.29) is 11.1 Å². The smallest absolute Gasteiger partial charge is 0.273 e. The molecule has 0 amide bonds. The molecule has 2 aromatic carbocycles. The summed E-state index contributed by atoms with van der Waals surface area (Å²) in [6.07, 6.45) is 1.68. The molecule has 4 rings (SSSR count). The molecule has 0 bridgehead atoms. The van der Waals surface area contributed by atoms with Gasteiger partial charge in [-0.1, -0.05) is 35.9 Å². The normalized spacial score (nSPS) is 11.1. The maximum atomic E-state index is 14.0. The first-order valence-corrected chi connectivity index (χ1v) is 7.63. The lowest BCUT2D eigenvalue weighted by atomic mass is 10.1. The number of fused-ring (bicyclic) bond motifs is 1. The maximum absolute atomic E-state index is 14.0. The summed E-state index contributed by atoms with van der Waals surface area (Å²) in [5, 5.41) is 3.46. The van der Waals surface area contributed by atoms with Crippen LogP contribution < -0.4 is 5.56 Å². The van der Waals surface area contributed by atoms with Crippen LogP contribution in [0.5, 0.6) is 0 Å². The number of rotatable bonds is 2. The van der Waals surface area contributed by atoms with Gasteiger partial charge in [-0.2, -0.15) is 0 Å². The van der Waals surface area contributed by atoms with Gasteiger partial charge in [0.25, 0.3) is 5.56 Å². The molecule has 0 atom stereocenters. The molecule has 0 saturated carbocycles. The van der Waals surface area contributed by atoms with E-state index in [4.69, 9.17) is 11.6 Å². The fourth-order valence-electron chi connectivity index (χ4n) is 2.66. The van der Waals surface area contributed by atoms with Crippen LogP contribution in [0.2, 0.25) is 5.02 Å². The van der Waals surface area contributed by atoms with Gasteiger partial charge in [-0.3, -0.25) is 9.89 Å². The average Bonchev–Trinajstić information content (AvgIpc) is 3.00. The summed E-state index contributed by atoms with van der Waals surface area (Å²) >= 11 is 6.04. The maximum Gasteiger partial charge on any atom is 0.273 e. The van der Waals surface area contributed by atoms with Crippen molar-refractivity contribution in [1.82, 2.24) is 14.6 Å². The molecule has 0 unspecified atom stereocenters. The van der Waals surface area contributed by atoms with E-state index in [0.717, 1.165) is 5.56 Å². The molecule has 2 aromatic heterocycles. The first kappa shape index (κ1) is 14.7. The van der Waals surface area contributed by atoms with E-state index in [0.29, 0.717) is 21.9 Å². The average molecular weight is 340 g/mol. The molecule has 0 aliphatic rings. The third kappa shape index (κ3) is 2.39. The number of hydrogen-bond acceptors (Lipinski definition) is 2. The van der Waals surface area contributed by atoms with Gasteiger partial charge in [0.1, 0.15) is 5.82 Å². The van der Waals surface area contributed by atoms with Crippen LogP contribution in [0.15, 0.2) is 65.6 Å². The molecule has 0 aliphatic heterocycles. The van der Waals surface area contributed by atoms with Crippen LogP contribution in [0.1, 0.15) is 0 Å². The first-order valence-electron chi connectivity index (χ1n) is 7.25. The fourth-order valence-corrected chi connectivity index (χ4v) is 2.85. The van der Waals surface area contributed by atoms with E-state index < -0.39 is 5.82 Å². The summed E-state index contributed by atoms with van der Waals surface area (Å²) < 4.78 is 15.4. The molecule has 4 aromatic rings. The molecule has 24 heavy (non-hydrogen) atoms. The third-order valence-electron chi connectivity index (χ3n) is 3.78. The first-order chi connectivity index (χ1) is 11.6. The van der Waals surface area contributed by atoms with Crippen LogP contribution in [0.25, 0.3) is 28.0 Å². The van der Waals surface area contributed by atoms with Crippen molar-refractivity contribution in [2.75, 3.05) is 0 Å². The van der Waals surface area contributed by atoms with Crippen LogP contribution in [0, 0.1) is 5.82 Å². The minimum atomic E-state index is -0.423. The lowest BCUT2D eigenvalue weighted by Crippen LogP contribution is -2.14. The van der Waals surface area contributed by atoms with Crippen LogP contribution >= 0.6 is 11.6 Å². The Kier molecular flexibility index (Phi) is 3.43. The summed E-state index contributed by atoms with van der Waals surface area (Å²) in [5.74, 6) is -0.423. The highest BCUT2D eigenvalue weighted by atomic mass is 35.5. The Morgan fingerprint density at radius 2 is 1.88 bits per heavy atom. The van der Waals surface area contributed by atoms with E-state index in [2.05, 4.69) is 10.1 Å². The zero-order valence-corrected chi connectivity index (χ0v) is 13.1.